The minimum Gasteiger partial charge on any atom is -0.493 e. The normalized spacial score (nSPS) is 17.9. The lowest BCUT2D eigenvalue weighted by molar-refractivity contribution is 0.163. The maximum atomic E-state index is 10.2. The average Bonchev–Trinajstić information content (AvgIpc) is 2.82. The molecule has 0 bridgehead atoms. The van der Waals surface area contributed by atoms with E-state index < -0.39 is 6.10 Å². The molecule has 1 aliphatic carbocycles. The number of ether oxygens (including phenoxy) is 1. The first-order valence-electron chi connectivity index (χ1n) is 8.85. The highest BCUT2D eigenvalue weighted by Crippen LogP contribution is 2.26. The second-order valence-electron chi connectivity index (χ2n) is 6.50. The zero-order valence-electron chi connectivity index (χ0n) is 13.9. The van der Waals surface area contributed by atoms with E-state index in [0.29, 0.717) is 5.92 Å². The molecule has 0 heterocycles. The quantitative estimate of drug-likeness (QED) is 0.562. The molecule has 1 aromatic rings. The summed E-state index contributed by atoms with van der Waals surface area (Å²) in [6.45, 7) is 1.76. The molecule has 0 aromatic heterocycles. The first-order valence-corrected chi connectivity index (χ1v) is 8.85. The van der Waals surface area contributed by atoms with Gasteiger partial charge in [-0.3, -0.25) is 0 Å². The van der Waals surface area contributed by atoms with Crippen LogP contribution in [0.4, 0.5) is 0 Å². The van der Waals surface area contributed by atoms with Gasteiger partial charge in [0.05, 0.1) is 12.7 Å². The summed E-state index contributed by atoms with van der Waals surface area (Å²) in [5, 5.41) is 13.4. The third-order valence-electron chi connectivity index (χ3n) is 4.61. The van der Waals surface area contributed by atoms with Crippen LogP contribution in [0.15, 0.2) is 24.3 Å². The van der Waals surface area contributed by atoms with Gasteiger partial charge in [0.25, 0.3) is 0 Å². The molecule has 1 saturated carbocycles. The summed E-state index contributed by atoms with van der Waals surface area (Å²) in [7, 11) is 1.94. The Hall–Kier alpha value is -1.06. The predicted molar refractivity (Wildman–Crippen MR) is 91.2 cm³/mol. The van der Waals surface area contributed by atoms with Crippen molar-refractivity contribution in [3.8, 4) is 5.75 Å². The van der Waals surface area contributed by atoms with Crippen molar-refractivity contribution < 1.29 is 9.84 Å². The third-order valence-corrected chi connectivity index (χ3v) is 4.61. The Morgan fingerprint density at radius 3 is 2.73 bits per heavy atom. The van der Waals surface area contributed by atoms with Crippen LogP contribution in [0.3, 0.4) is 0 Å². The highest BCUT2D eigenvalue weighted by Gasteiger charge is 2.13. The van der Waals surface area contributed by atoms with Gasteiger partial charge in [0.2, 0.25) is 0 Å². The van der Waals surface area contributed by atoms with E-state index in [1.165, 1.54) is 38.5 Å². The largest absolute Gasteiger partial charge is 0.493 e. The Kier molecular flexibility index (Phi) is 7.75. The van der Waals surface area contributed by atoms with E-state index in [0.717, 1.165) is 37.3 Å². The molecular weight excluding hydrogens is 274 g/mol. The van der Waals surface area contributed by atoms with Gasteiger partial charge in [0.15, 0.2) is 0 Å². The molecule has 1 aliphatic rings. The van der Waals surface area contributed by atoms with Crippen molar-refractivity contribution >= 4 is 0 Å². The lowest BCUT2D eigenvalue weighted by Gasteiger charge is -2.16. The van der Waals surface area contributed by atoms with Gasteiger partial charge in [-0.05, 0) is 62.9 Å². The van der Waals surface area contributed by atoms with Gasteiger partial charge in [-0.2, -0.15) is 0 Å². The van der Waals surface area contributed by atoms with Crippen molar-refractivity contribution in [3.05, 3.63) is 29.8 Å². The van der Waals surface area contributed by atoms with Gasteiger partial charge >= 0.3 is 0 Å². The summed E-state index contributed by atoms with van der Waals surface area (Å²) in [6, 6.07) is 7.98. The number of nitrogens with one attached hydrogen (secondary N) is 1. The summed E-state index contributed by atoms with van der Waals surface area (Å²) in [5.41, 5.74) is 0.967. The van der Waals surface area contributed by atoms with E-state index in [4.69, 9.17) is 4.74 Å². The minimum atomic E-state index is -0.394. The Labute approximate surface area is 135 Å². The van der Waals surface area contributed by atoms with Crippen LogP contribution in [0.25, 0.3) is 0 Å². The molecule has 1 atom stereocenters. The maximum absolute atomic E-state index is 10.2. The molecule has 0 amide bonds. The molecule has 124 valence electrons. The highest BCUT2D eigenvalue weighted by molar-refractivity contribution is 5.29. The lowest BCUT2D eigenvalue weighted by atomic mass is 10.0. The number of benzene rings is 1. The molecule has 1 fully saturated rings. The number of rotatable bonds is 8. The van der Waals surface area contributed by atoms with Gasteiger partial charge in [-0.25, -0.2) is 0 Å². The van der Waals surface area contributed by atoms with Crippen LogP contribution in [0, 0.1) is 5.92 Å². The van der Waals surface area contributed by atoms with E-state index in [-0.39, 0.29) is 0 Å². The van der Waals surface area contributed by atoms with Gasteiger partial charge < -0.3 is 15.2 Å². The third kappa shape index (κ3) is 5.98. The van der Waals surface area contributed by atoms with Gasteiger partial charge in [0.1, 0.15) is 5.75 Å². The molecular formula is C19H31NO2. The zero-order chi connectivity index (χ0) is 15.6. The Balaban J connectivity index is 1.82. The second-order valence-corrected chi connectivity index (χ2v) is 6.50. The number of aliphatic hydroxyl groups is 1. The molecule has 2 N–H and O–H groups in total. The van der Waals surface area contributed by atoms with Gasteiger partial charge in [-0.1, -0.05) is 37.8 Å². The van der Waals surface area contributed by atoms with Crippen LogP contribution in [0.2, 0.25) is 0 Å². The molecule has 0 saturated heterocycles. The minimum absolute atomic E-state index is 0.394. The molecule has 0 aliphatic heterocycles. The van der Waals surface area contributed by atoms with E-state index >= 15 is 0 Å². The summed E-state index contributed by atoms with van der Waals surface area (Å²) in [4.78, 5) is 0. The summed E-state index contributed by atoms with van der Waals surface area (Å²) < 4.78 is 5.99. The molecule has 1 aromatic carbocycles. The zero-order valence-corrected chi connectivity index (χ0v) is 13.9. The van der Waals surface area contributed by atoms with Crippen LogP contribution in [0.1, 0.15) is 63.0 Å². The maximum Gasteiger partial charge on any atom is 0.119 e. The Morgan fingerprint density at radius 2 is 2.00 bits per heavy atom. The van der Waals surface area contributed by atoms with Crippen molar-refractivity contribution in [2.75, 3.05) is 20.2 Å². The molecule has 22 heavy (non-hydrogen) atoms. The topological polar surface area (TPSA) is 41.5 Å². The number of hydrogen-bond donors (Lipinski definition) is 2. The molecule has 0 spiro atoms. The fraction of sp³-hybridized carbons (Fsp3) is 0.684. The standard InChI is InChI=1S/C19H31NO2/c1-20-13-7-12-19(21)17-10-6-11-18(14-17)22-15-16-8-4-2-3-5-9-16/h6,10-11,14,16,19-21H,2-5,7-9,12-13,15H2,1H3. The molecule has 2 rings (SSSR count). The monoisotopic (exact) mass is 305 g/mol. The van der Waals surface area contributed by atoms with Crippen LogP contribution in [-0.4, -0.2) is 25.3 Å². The lowest BCUT2D eigenvalue weighted by Crippen LogP contribution is -2.11. The van der Waals surface area contributed by atoms with Crippen molar-refractivity contribution in [3.63, 3.8) is 0 Å². The van der Waals surface area contributed by atoms with Gasteiger partial charge in [0, 0.05) is 0 Å². The van der Waals surface area contributed by atoms with Crippen LogP contribution in [0.5, 0.6) is 5.75 Å². The Morgan fingerprint density at radius 1 is 1.23 bits per heavy atom. The number of aliphatic hydroxyl groups excluding tert-OH is 1. The van der Waals surface area contributed by atoms with Crippen molar-refractivity contribution in [2.45, 2.75) is 57.5 Å². The first kappa shape index (κ1) is 17.3. The fourth-order valence-corrected chi connectivity index (χ4v) is 3.20. The average molecular weight is 305 g/mol. The van der Waals surface area contributed by atoms with E-state index in [9.17, 15) is 5.11 Å². The molecule has 1 unspecified atom stereocenters. The van der Waals surface area contributed by atoms with Crippen LogP contribution < -0.4 is 10.1 Å². The van der Waals surface area contributed by atoms with Gasteiger partial charge in [-0.15, -0.1) is 0 Å². The smallest absolute Gasteiger partial charge is 0.119 e. The highest BCUT2D eigenvalue weighted by atomic mass is 16.5. The van der Waals surface area contributed by atoms with Crippen molar-refractivity contribution in [2.24, 2.45) is 5.92 Å². The van der Waals surface area contributed by atoms with Crippen molar-refractivity contribution in [1.82, 2.24) is 5.32 Å². The summed E-state index contributed by atoms with van der Waals surface area (Å²) in [6.07, 6.45) is 9.41. The van der Waals surface area contributed by atoms with E-state index in [1.54, 1.807) is 0 Å². The molecule has 0 radical (unpaired) electrons. The van der Waals surface area contributed by atoms with Crippen LogP contribution >= 0.6 is 0 Å². The van der Waals surface area contributed by atoms with E-state index in [1.807, 2.05) is 31.3 Å². The van der Waals surface area contributed by atoms with Crippen LogP contribution in [-0.2, 0) is 0 Å². The number of hydrogen-bond acceptors (Lipinski definition) is 3. The molecule has 3 heteroatoms. The second kappa shape index (κ2) is 9.86. The first-order chi connectivity index (χ1) is 10.8. The summed E-state index contributed by atoms with van der Waals surface area (Å²) >= 11 is 0. The van der Waals surface area contributed by atoms with Crippen molar-refractivity contribution in [1.29, 1.82) is 0 Å². The fourth-order valence-electron chi connectivity index (χ4n) is 3.20. The predicted octanol–water partition coefficient (Wildman–Crippen LogP) is 4.07. The Bertz CT molecular complexity index is 414. The summed E-state index contributed by atoms with van der Waals surface area (Å²) in [5.74, 6) is 1.60. The molecule has 3 nitrogen and oxygen atoms in total. The SMILES string of the molecule is CNCCCC(O)c1cccc(OCC2CCCCCC2)c1. The van der Waals surface area contributed by atoms with E-state index in [2.05, 4.69) is 5.32 Å².